The molecule has 0 bridgehead atoms. The maximum Gasteiger partial charge on any atom is 0.410 e. The number of piperidine rings is 1. The Labute approximate surface area is 120 Å². The molecule has 4 heteroatoms. The van der Waals surface area contributed by atoms with Crippen LogP contribution < -0.4 is 5.73 Å². The van der Waals surface area contributed by atoms with Crippen LogP contribution in [0.25, 0.3) is 0 Å². The van der Waals surface area contributed by atoms with Gasteiger partial charge in [-0.2, -0.15) is 0 Å². The van der Waals surface area contributed by atoms with Gasteiger partial charge in [-0.1, -0.05) is 12.1 Å². The average Bonchev–Trinajstić information content (AvgIpc) is 2.37. The number of amides is 1. The van der Waals surface area contributed by atoms with Crippen LogP contribution in [0.2, 0.25) is 0 Å². The molecule has 0 radical (unpaired) electrons. The van der Waals surface area contributed by atoms with Crippen molar-refractivity contribution in [1.82, 2.24) is 4.90 Å². The van der Waals surface area contributed by atoms with E-state index in [9.17, 15) is 4.79 Å². The van der Waals surface area contributed by atoms with E-state index >= 15 is 0 Å². The Bertz CT molecular complexity index is 480. The summed E-state index contributed by atoms with van der Waals surface area (Å²) in [6.07, 6.45) is 2.88. The van der Waals surface area contributed by atoms with Crippen molar-refractivity contribution in [3.63, 3.8) is 0 Å². The fourth-order valence-electron chi connectivity index (χ4n) is 2.58. The molecule has 1 aromatic rings. The summed E-state index contributed by atoms with van der Waals surface area (Å²) in [5, 5.41) is 0. The first kappa shape index (κ1) is 14.7. The molecular weight excluding hydrogens is 252 g/mol. The van der Waals surface area contributed by atoms with Crippen LogP contribution in [0.5, 0.6) is 0 Å². The normalized spacial score (nSPS) is 19.8. The van der Waals surface area contributed by atoms with Crippen LogP contribution in [0.3, 0.4) is 0 Å². The number of carbonyl (C=O) groups excluding carboxylic acids is 1. The molecule has 0 spiro atoms. The number of anilines is 1. The van der Waals surface area contributed by atoms with Crippen LogP contribution in [0.15, 0.2) is 24.3 Å². The standard InChI is InChI=1S/C16H24N2O2/c1-16(2,3)20-15(19)18-10-5-4-9-14(18)12-7-6-8-13(17)11-12/h6-8,11,14H,4-5,9-10,17H2,1-3H3/t14-/m0/s1. The molecule has 0 aliphatic carbocycles. The van der Waals surface area contributed by atoms with Crippen LogP contribution >= 0.6 is 0 Å². The highest BCUT2D eigenvalue weighted by molar-refractivity contribution is 5.69. The first-order valence-corrected chi connectivity index (χ1v) is 7.22. The number of hydrogen-bond acceptors (Lipinski definition) is 3. The lowest BCUT2D eigenvalue weighted by Gasteiger charge is -2.37. The number of nitrogens with two attached hydrogens (primary N) is 1. The van der Waals surface area contributed by atoms with Gasteiger partial charge < -0.3 is 15.4 Å². The summed E-state index contributed by atoms with van der Waals surface area (Å²) in [5.41, 5.74) is 7.22. The number of rotatable bonds is 1. The SMILES string of the molecule is CC(C)(C)OC(=O)N1CCCC[C@H]1c1cccc(N)c1. The summed E-state index contributed by atoms with van der Waals surface area (Å²) in [7, 11) is 0. The van der Waals surface area contributed by atoms with Crippen molar-refractivity contribution in [1.29, 1.82) is 0 Å². The van der Waals surface area contributed by atoms with E-state index in [0.29, 0.717) is 0 Å². The second kappa shape index (κ2) is 5.73. The molecule has 1 amide bonds. The molecule has 20 heavy (non-hydrogen) atoms. The summed E-state index contributed by atoms with van der Waals surface area (Å²) in [4.78, 5) is 14.2. The summed E-state index contributed by atoms with van der Waals surface area (Å²) < 4.78 is 5.51. The van der Waals surface area contributed by atoms with Crippen LogP contribution in [0, 0.1) is 0 Å². The van der Waals surface area contributed by atoms with E-state index < -0.39 is 5.60 Å². The number of likely N-dealkylation sites (tertiary alicyclic amines) is 1. The Morgan fingerprint density at radius 1 is 1.35 bits per heavy atom. The number of nitrogens with zero attached hydrogens (tertiary/aromatic N) is 1. The van der Waals surface area contributed by atoms with E-state index in [1.54, 1.807) is 0 Å². The Balaban J connectivity index is 2.19. The van der Waals surface area contributed by atoms with Crippen LogP contribution in [-0.2, 0) is 4.74 Å². The summed E-state index contributed by atoms with van der Waals surface area (Å²) in [5.74, 6) is 0. The maximum absolute atomic E-state index is 12.4. The van der Waals surface area contributed by atoms with Gasteiger partial charge in [-0.25, -0.2) is 4.79 Å². The summed E-state index contributed by atoms with van der Waals surface area (Å²) >= 11 is 0. The van der Waals surface area contributed by atoms with Crippen molar-refractivity contribution in [2.75, 3.05) is 12.3 Å². The molecule has 0 saturated carbocycles. The van der Waals surface area contributed by atoms with Gasteiger partial charge in [0, 0.05) is 12.2 Å². The average molecular weight is 276 g/mol. The quantitative estimate of drug-likeness (QED) is 0.795. The third-order valence-corrected chi connectivity index (χ3v) is 3.43. The van der Waals surface area contributed by atoms with E-state index in [0.717, 1.165) is 37.1 Å². The molecule has 1 fully saturated rings. The van der Waals surface area contributed by atoms with E-state index in [1.165, 1.54) is 0 Å². The van der Waals surface area contributed by atoms with Gasteiger partial charge in [-0.3, -0.25) is 0 Å². The van der Waals surface area contributed by atoms with Gasteiger partial charge in [-0.15, -0.1) is 0 Å². The monoisotopic (exact) mass is 276 g/mol. The molecule has 1 atom stereocenters. The highest BCUT2D eigenvalue weighted by Gasteiger charge is 2.31. The number of ether oxygens (including phenoxy) is 1. The maximum atomic E-state index is 12.4. The fourth-order valence-corrected chi connectivity index (χ4v) is 2.58. The lowest BCUT2D eigenvalue weighted by Crippen LogP contribution is -2.41. The zero-order chi connectivity index (χ0) is 14.8. The van der Waals surface area contributed by atoms with Crippen molar-refractivity contribution in [3.05, 3.63) is 29.8 Å². The van der Waals surface area contributed by atoms with Gasteiger partial charge in [0.25, 0.3) is 0 Å². The second-order valence-corrected chi connectivity index (χ2v) is 6.36. The number of benzene rings is 1. The van der Waals surface area contributed by atoms with Crippen molar-refractivity contribution >= 4 is 11.8 Å². The molecule has 1 aliphatic heterocycles. The Hall–Kier alpha value is -1.71. The molecule has 1 heterocycles. The molecule has 0 unspecified atom stereocenters. The van der Waals surface area contributed by atoms with Crippen LogP contribution in [-0.4, -0.2) is 23.1 Å². The largest absolute Gasteiger partial charge is 0.444 e. The van der Waals surface area contributed by atoms with Gasteiger partial charge in [0.1, 0.15) is 5.60 Å². The van der Waals surface area contributed by atoms with Gasteiger partial charge >= 0.3 is 6.09 Å². The lowest BCUT2D eigenvalue weighted by molar-refractivity contribution is 0.00952. The third-order valence-electron chi connectivity index (χ3n) is 3.43. The minimum Gasteiger partial charge on any atom is -0.444 e. The zero-order valence-corrected chi connectivity index (χ0v) is 12.6. The molecule has 1 aliphatic rings. The summed E-state index contributed by atoms with van der Waals surface area (Å²) in [6, 6.07) is 7.86. The van der Waals surface area contributed by atoms with Crippen LogP contribution in [0.1, 0.15) is 51.6 Å². The van der Waals surface area contributed by atoms with Crippen molar-refractivity contribution < 1.29 is 9.53 Å². The predicted octanol–water partition coefficient (Wildman–Crippen LogP) is 3.73. The second-order valence-electron chi connectivity index (χ2n) is 6.36. The Kier molecular flexibility index (Phi) is 4.21. The van der Waals surface area contributed by atoms with Crippen molar-refractivity contribution in [3.8, 4) is 0 Å². The van der Waals surface area contributed by atoms with Crippen molar-refractivity contribution in [2.45, 2.75) is 51.7 Å². The van der Waals surface area contributed by atoms with Crippen LogP contribution in [0.4, 0.5) is 10.5 Å². The van der Waals surface area contributed by atoms with E-state index in [1.807, 2.05) is 49.9 Å². The molecule has 2 N–H and O–H groups in total. The van der Waals surface area contributed by atoms with Gasteiger partial charge in [-0.05, 0) is 57.7 Å². The highest BCUT2D eigenvalue weighted by atomic mass is 16.6. The molecule has 1 saturated heterocycles. The number of nitrogen functional groups attached to an aromatic ring is 1. The van der Waals surface area contributed by atoms with E-state index in [2.05, 4.69) is 0 Å². The van der Waals surface area contributed by atoms with E-state index in [4.69, 9.17) is 10.5 Å². The summed E-state index contributed by atoms with van der Waals surface area (Å²) in [6.45, 7) is 6.42. The fraction of sp³-hybridized carbons (Fsp3) is 0.562. The zero-order valence-electron chi connectivity index (χ0n) is 12.6. The lowest BCUT2D eigenvalue weighted by atomic mass is 9.95. The molecule has 4 nitrogen and oxygen atoms in total. The third kappa shape index (κ3) is 3.65. The molecule has 0 aromatic heterocycles. The molecular formula is C16H24N2O2. The predicted molar refractivity (Wildman–Crippen MR) is 80.4 cm³/mol. The minimum atomic E-state index is -0.463. The van der Waals surface area contributed by atoms with E-state index in [-0.39, 0.29) is 12.1 Å². The topological polar surface area (TPSA) is 55.6 Å². The number of hydrogen-bond donors (Lipinski definition) is 1. The van der Waals surface area contributed by atoms with Gasteiger partial charge in [0.15, 0.2) is 0 Å². The smallest absolute Gasteiger partial charge is 0.410 e. The van der Waals surface area contributed by atoms with Crippen molar-refractivity contribution in [2.24, 2.45) is 0 Å². The molecule has 1 aromatic carbocycles. The highest BCUT2D eigenvalue weighted by Crippen LogP contribution is 2.32. The first-order chi connectivity index (χ1) is 9.37. The molecule has 110 valence electrons. The van der Waals surface area contributed by atoms with Gasteiger partial charge in [0.2, 0.25) is 0 Å². The Morgan fingerprint density at radius 3 is 2.75 bits per heavy atom. The van der Waals surface area contributed by atoms with Gasteiger partial charge in [0.05, 0.1) is 6.04 Å². The number of carbonyl (C=O) groups is 1. The first-order valence-electron chi connectivity index (χ1n) is 7.22. The molecule has 2 rings (SSSR count). The Morgan fingerprint density at radius 2 is 2.10 bits per heavy atom. The minimum absolute atomic E-state index is 0.0714.